The third-order valence-corrected chi connectivity index (χ3v) is 3.01. The average Bonchev–Trinajstić information content (AvgIpc) is 2.52. The molecule has 0 aliphatic carbocycles. The van der Waals surface area contributed by atoms with Crippen molar-refractivity contribution in [2.75, 3.05) is 5.43 Å². The molecule has 0 saturated carbocycles. The fourth-order valence-corrected chi connectivity index (χ4v) is 1.82. The van der Waals surface area contributed by atoms with Gasteiger partial charge in [-0.25, -0.2) is 0 Å². The predicted molar refractivity (Wildman–Crippen MR) is 78.4 cm³/mol. The molecule has 0 spiro atoms. The lowest BCUT2D eigenvalue weighted by atomic mass is 10.1. The molecule has 0 amide bonds. The third-order valence-electron chi connectivity index (χ3n) is 3.01. The molecule has 0 saturated heterocycles. The lowest BCUT2D eigenvalue weighted by molar-refractivity contribution is -0.136. The fraction of sp³-hybridized carbons (Fsp3) is 0.125. The zero-order valence-electron chi connectivity index (χ0n) is 11.6. The van der Waals surface area contributed by atoms with E-state index in [1.807, 2.05) is 6.07 Å². The van der Waals surface area contributed by atoms with Crippen LogP contribution in [-0.4, -0.2) is 5.71 Å². The van der Waals surface area contributed by atoms with Crippen LogP contribution in [0.25, 0.3) is 0 Å². The van der Waals surface area contributed by atoms with Gasteiger partial charge >= 0.3 is 6.18 Å². The van der Waals surface area contributed by atoms with Crippen LogP contribution in [0.15, 0.2) is 53.6 Å². The molecule has 0 bridgehead atoms. The topological polar surface area (TPSA) is 48.2 Å². The molecule has 2 aromatic rings. The maximum absolute atomic E-state index is 12.9. The van der Waals surface area contributed by atoms with Crippen molar-refractivity contribution in [1.82, 2.24) is 0 Å². The number of benzene rings is 2. The number of hydrazone groups is 1. The molecule has 0 aliphatic rings. The molecule has 22 heavy (non-hydrogen) atoms. The highest BCUT2D eigenvalue weighted by Gasteiger charge is 2.33. The molecule has 0 radical (unpaired) electrons. The van der Waals surface area contributed by atoms with Crippen molar-refractivity contribution in [2.24, 2.45) is 5.10 Å². The normalized spacial score (nSPS) is 11.9. The lowest BCUT2D eigenvalue weighted by Crippen LogP contribution is -2.09. The van der Waals surface area contributed by atoms with E-state index in [1.165, 1.54) is 18.2 Å². The Kier molecular flexibility index (Phi) is 4.47. The molecule has 0 atom stereocenters. The zero-order valence-corrected chi connectivity index (χ0v) is 11.6. The quantitative estimate of drug-likeness (QED) is 0.674. The van der Waals surface area contributed by atoms with Gasteiger partial charge in [-0.1, -0.05) is 24.3 Å². The molecule has 1 N–H and O–H groups in total. The molecule has 0 aliphatic heterocycles. The molecule has 0 unspecified atom stereocenters. The van der Waals surface area contributed by atoms with Crippen LogP contribution in [0.4, 0.5) is 18.9 Å². The van der Waals surface area contributed by atoms with Gasteiger partial charge in [0.05, 0.1) is 28.6 Å². The van der Waals surface area contributed by atoms with Gasteiger partial charge in [0, 0.05) is 0 Å². The SMILES string of the molecule is C/C(=N\Nc1ccccc1C(F)(F)F)c1ccc(C#N)cc1. The van der Waals surface area contributed by atoms with Crippen LogP contribution in [0.3, 0.4) is 0 Å². The Balaban J connectivity index is 2.23. The van der Waals surface area contributed by atoms with E-state index in [1.54, 1.807) is 31.2 Å². The minimum atomic E-state index is -4.44. The number of nitrogens with one attached hydrogen (secondary N) is 1. The third kappa shape index (κ3) is 3.64. The van der Waals surface area contributed by atoms with Gasteiger partial charge in [-0.2, -0.15) is 23.5 Å². The van der Waals surface area contributed by atoms with Crippen LogP contribution in [0.1, 0.15) is 23.6 Å². The summed E-state index contributed by atoms with van der Waals surface area (Å²) < 4.78 is 38.6. The minimum absolute atomic E-state index is 0.108. The second-order valence-electron chi connectivity index (χ2n) is 4.54. The number of alkyl halides is 3. The number of para-hydroxylation sites is 1. The summed E-state index contributed by atoms with van der Waals surface area (Å²) in [5.74, 6) is 0. The highest BCUT2D eigenvalue weighted by atomic mass is 19.4. The maximum atomic E-state index is 12.9. The summed E-state index contributed by atoms with van der Waals surface area (Å²) in [6.45, 7) is 1.67. The van der Waals surface area contributed by atoms with E-state index in [0.29, 0.717) is 11.3 Å². The second kappa shape index (κ2) is 6.31. The van der Waals surface area contributed by atoms with Crippen molar-refractivity contribution >= 4 is 11.4 Å². The summed E-state index contributed by atoms with van der Waals surface area (Å²) in [6, 6.07) is 13.8. The fourth-order valence-electron chi connectivity index (χ4n) is 1.82. The number of hydrogen-bond donors (Lipinski definition) is 1. The highest BCUT2D eigenvalue weighted by molar-refractivity contribution is 5.99. The molecular formula is C16H12F3N3. The second-order valence-corrected chi connectivity index (χ2v) is 4.54. The van der Waals surface area contributed by atoms with Gasteiger partial charge in [-0.3, -0.25) is 5.43 Å². The van der Waals surface area contributed by atoms with Gasteiger partial charge in [0.2, 0.25) is 0 Å². The summed E-state index contributed by atoms with van der Waals surface area (Å²) in [5, 5.41) is 12.7. The van der Waals surface area contributed by atoms with Gasteiger partial charge in [0.15, 0.2) is 0 Å². The number of nitrogens with zero attached hydrogens (tertiary/aromatic N) is 2. The Morgan fingerprint density at radius 2 is 1.73 bits per heavy atom. The van der Waals surface area contributed by atoms with Crippen LogP contribution >= 0.6 is 0 Å². The molecular weight excluding hydrogens is 291 g/mol. The van der Waals surface area contributed by atoms with E-state index < -0.39 is 11.7 Å². The Morgan fingerprint density at radius 3 is 2.32 bits per heavy atom. The Morgan fingerprint density at radius 1 is 1.09 bits per heavy atom. The first-order chi connectivity index (χ1) is 10.4. The lowest BCUT2D eigenvalue weighted by Gasteiger charge is -2.12. The molecule has 2 rings (SSSR count). The average molecular weight is 303 g/mol. The Labute approximate surface area is 125 Å². The van der Waals surface area contributed by atoms with Gasteiger partial charge in [-0.15, -0.1) is 0 Å². The largest absolute Gasteiger partial charge is 0.418 e. The van der Waals surface area contributed by atoms with Crippen LogP contribution in [0.2, 0.25) is 0 Å². The maximum Gasteiger partial charge on any atom is 0.418 e. The summed E-state index contributed by atoms with van der Waals surface area (Å²) in [6.07, 6.45) is -4.44. The van der Waals surface area contributed by atoms with Crippen LogP contribution < -0.4 is 5.43 Å². The monoisotopic (exact) mass is 303 g/mol. The molecule has 0 heterocycles. The van der Waals surface area contributed by atoms with Crippen molar-refractivity contribution in [2.45, 2.75) is 13.1 Å². The summed E-state index contributed by atoms with van der Waals surface area (Å²) in [5.41, 5.74) is 3.31. The Bertz CT molecular complexity index is 726. The number of hydrogen-bond acceptors (Lipinski definition) is 3. The van der Waals surface area contributed by atoms with Crippen molar-refractivity contribution in [1.29, 1.82) is 5.26 Å². The van der Waals surface area contributed by atoms with Crippen LogP contribution in [-0.2, 0) is 6.18 Å². The first kappa shape index (κ1) is 15.6. The Hall–Kier alpha value is -2.81. The number of halogens is 3. The van der Waals surface area contributed by atoms with Gasteiger partial charge in [0.25, 0.3) is 0 Å². The summed E-state index contributed by atoms with van der Waals surface area (Å²) >= 11 is 0. The van der Waals surface area contributed by atoms with E-state index >= 15 is 0 Å². The molecule has 0 aromatic heterocycles. The summed E-state index contributed by atoms with van der Waals surface area (Å²) in [7, 11) is 0. The first-order valence-electron chi connectivity index (χ1n) is 6.39. The number of nitriles is 1. The molecule has 0 fully saturated rings. The number of anilines is 1. The van der Waals surface area contributed by atoms with E-state index in [-0.39, 0.29) is 5.69 Å². The standard InChI is InChI=1S/C16H12F3N3/c1-11(13-8-6-12(10-20)7-9-13)21-22-15-5-3-2-4-14(15)16(17,18)19/h2-9,22H,1H3/b21-11+. The highest BCUT2D eigenvalue weighted by Crippen LogP contribution is 2.34. The van der Waals surface area contributed by atoms with E-state index in [9.17, 15) is 13.2 Å². The van der Waals surface area contributed by atoms with Crippen molar-refractivity contribution in [3.8, 4) is 6.07 Å². The predicted octanol–water partition coefficient (Wildman–Crippen LogP) is 4.41. The van der Waals surface area contributed by atoms with Gasteiger partial charge in [0.1, 0.15) is 0 Å². The van der Waals surface area contributed by atoms with E-state index in [2.05, 4.69) is 10.5 Å². The zero-order chi connectivity index (χ0) is 16.2. The molecule has 2 aromatic carbocycles. The van der Waals surface area contributed by atoms with Crippen LogP contribution in [0, 0.1) is 11.3 Å². The molecule has 3 nitrogen and oxygen atoms in total. The molecule has 6 heteroatoms. The van der Waals surface area contributed by atoms with Crippen LogP contribution in [0.5, 0.6) is 0 Å². The molecule has 112 valence electrons. The summed E-state index contributed by atoms with van der Waals surface area (Å²) in [4.78, 5) is 0. The smallest absolute Gasteiger partial charge is 0.278 e. The number of rotatable bonds is 3. The van der Waals surface area contributed by atoms with Gasteiger partial charge < -0.3 is 0 Å². The minimum Gasteiger partial charge on any atom is -0.278 e. The van der Waals surface area contributed by atoms with Gasteiger partial charge in [-0.05, 0) is 36.8 Å². The van der Waals surface area contributed by atoms with Crippen molar-refractivity contribution < 1.29 is 13.2 Å². The van der Waals surface area contributed by atoms with E-state index in [0.717, 1.165) is 11.6 Å². The van der Waals surface area contributed by atoms with Crippen molar-refractivity contribution in [3.63, 3.8) is 0 Å². The van der Waals surface area contributed by atoms with E-state index in [4.69, 9.17) is 5.26 Å². The van der Waals surface area contributed by atoms with Crippen molar-refractivity contribution in [3.05, 3.63) is 65.2 Å². The first-order valence-corrected chi connectivity index (χ1v) is 6.39.